The van der Waals surface area contributed by atoms with Gasteiger partial charge in [-0.3, -0.25) is 10.1 Å². The minimum Gasteiger partial charge on any atom is -0.481 e. The van der Waals surface area contributed by atoms with Crippen LogP contribution in [0.5, 0.6) is 5.75 Å². The lowest BCUT2D eigenvalue weighted by Gasteiger charge is -2.40. The summed E-state index contributed by atoms with van der Waals surface area (Å²) in [5.74, 6) is 0.217. The summed E-state index contributed by atoms with van der Waals surface area (Å²) in [6.07, 6.45) is -0.0104. The van der Waals surface area contributed by atoms with Gasteiger partial charge in [-0.2, -0.15) is 0 Å². The number of benzene rings is 1. The van der Waals surface area contributed by atoms with Crippen LogP contribution in [0, 0.1) is 10.1 Å². The summed E-state index contributed by atoms with van der Waals surface area (Å²) in [7, 11) is 0. The standard InChI is InChI=1S/C13H17NO5/c1-2-7-18-13-10(15)8-12(13)19-11-6-4-3-5-9(11)14(16)17/h3-6,10,12-13,15H,2,7-8H2,1H3. The normalized spacial score (nSPS) is 25.7. The molecule has 0 radical (unpaired) electrons. The molecule has 0 bridgehead atoms. The van der Waals surface area contributed by atoms with E-state index in [9.17, 15) is 15.2 Å². The van der Waals surface area contributed by atoms with Gasteiger partial charge in [-0.25, -0.2) is 0 Å². The third-order valence-corrected chi connectivity index (χ3v) is 3.07. The molecular formula is C13H17NO5. The predicted octanol–water partition coefficient (Wildman–Crippen LogP) is 1.90. The molecule has 2 rings (SSSR count). The highest BCUT2D eigenvalue weighted by molar-refractivity contribution is 5.46. The number of aliphatic hydroxyl groups is 1. The molecule has 6 nitrogen and oxygen atoms in total. The Hall–Kier alpha value is -1.66. The molecular weight excluding hydrogens is 250 g/mol. The van der Waals surface area contributed by atoms with Crippen LogP contribution in [0.2, 0.25) is 0 Å². The van der Waals surface area contributed by atoms with Crippen LogP contribution in [0.25, 0.3) is 0 Å². The quantitative estimate of drug-likeness (QED) is 0.628. The molecule has 3 unspecified atom stereocenters. The lowest BCUT2D eigenvalue weighted by atomic mass is 9.88. The number of nitro groups is 1. The van der Waals surface area contributed by atoms with E-state index in [1.165, 1.54) is 6.07 Å². The summed E-state index contributed by atoms with van der Waals surface area (Å²) in [5.41, 5.74) is -0.0712. The van der Waals surface area contributed by atoms with Crippen LogP contribution in [0.1, 0.15) is 19.8 Å². The summed E-state index contributed by atoms with van der Waals surface area (Å²) in [6.45, 7) is 2.52. The SMILES string of the molecule is CCCOC1C(O)CC1Oc1ccccc1[N+](=O)[O-]. The van der Waals surface area contributed by atoms with Crippen molar-refractivity contribution in [3.8, 4) is 5.75 Å². The molecule has 1 aliphatic carbocycles. The van der Waals surface area contributed by atoms with E-state index in [2.05, 4.69) is 0 Å². The second-order valence-electron chi connectivity index (χ2n) is 4.52. The summed E-state index contributed by atoms with van der Waals surface area (Å²) in [6, 6.07) is 6.22. The first-order valence-corrected chi connectivity index (χ1v) is 6.33. The van der Waals surface area contributed by atoms with Crippen LogP contribution in [-0.4, -0.2) is 34.9 Å². The Labute approximate surface area is 111 Å². The Morgan fingerprint density at radius 1 is 1.47 bits per heavy atom. The Bertz CT molecular complexity index is 450. The van der Waals surface area contributed by atoms with Gasteiger partial charge in [-0.15, -0.1) is 0 Å². The van der Waals surface area contributed by atoms with Gasteiger partial charge < -0.3 is 14.6 Å². The number of aliphatic hydroxyl groups excluding tert-OH is 1. The molecule has 6 heteroatoms. The Balaban J connectivity index is 2.03. The van der Waals surface area contributed by atoms with E-state index in [0.29, 0.717) is 13.0 Å². The summed E-state index contributed by atoms with van der Waals surface area (Å²) < 4.78 is 11.1. The monoisotopic (exact) mass is 267 g/mol. The van der Waals surface area contributed by atoms with Crippen molar-refractivity contribution >= 4 is 5.69 Å². The van der Waals surface area contributed by atoms with Gasteiger partial charge >= 0.3 is 5.69 Å². The molecule has 0 aromatic heterocycles. The lowest BCUT2D eigenvalue weighted by molar-refractivity contribution is -0.386. The molecule has 0 aliphatic heterocycles. The first-order chi connectivity index (χ1) is 9.13. The first-order valence-electron chi connectivity index (χ1n) is 6.33. The zero-order valence-electron chi connectivity index (χ0n) is 10.7. The van der Waals surface area contributed by atoms with Crippen molar-refractivity contribution in [1.82, 2.24) is 0 Å². The minimum absolute atomic E-state index is 0.0712. The Morgan fingerprint density at radius 2 is 2.21 bits per heavy atom. The highest BCUT2D eigenvalue weighted by Crippen LogP contribution is 2.33. The van der Waals surface area contributed by atoms with E-state index >= 15 is 0 Å². The van der Waals surface area contributed by atoms with Crippen molar-refractivity contribution in [1.29, 1.82) is 0 Å². The molecule has 1 saturated carbocycles. The highest BCUT2D eigenvalue weighted by Gasteiger charge is 2.43. The number of nitrogens with zero attached hydrogens (tertiary/aromatic N) is 1. The number of rotatable bonds is 6. The van der Waals surface area contributed by atoms with Crippen LogP contribution in [-0.2, 0) is 4.74 Å². The van der Waals surface area contributed by atoms with Gasteiger partial charge in [0.05, 0.1) is 11.0 Å². The van der Waals surface area contributed by atoms with Crippen molar-refractivity contribution in [2.45, 2.75) is 38.1 Å². The summed E-state index contributed by atoms with van der Waals surface area (Å²) in [4.78, 5) is 10.4. The fraction of sp³-hybridized carbons (Fsp3) is 0.538. The maximum atomic E-state index is 10.9. The van der Waals surface area contributed by atoms with Gasteiger partial charge in [-0.05, 0) is 12.5 Å². The molecule has 0 saturated heterocycles. The fourth-order valence-corrected chi connectivity index (χ4v) is 2.02. The first kappa shape index (κ1) is 13.8. The van der Waals surface area contributed by atoms with Gasteiger partial charge in [0, 0.05) is 19.1 Å². The van der Waals surface area contributed by atoms with Gasteiger partial charge in [0.2, 0.25) is 0 Å². The van der Waals surface area contributed by atoms with Gasteiger partial charge in [0.25, 0.3) is 0 Å². The molecule has 3 atom stereocenters. The maximum absolute atomic E-state index is 10.9. The van der Waals surface area contributed by atoms with E-state index in [-0.39, 0.29) is 17.5 Å². The Kier molecular flexibility index (Phi) is 4.34. The molecule has 1 fully saturated rings. The third kappa shape index (κ3) is 3.02. The number of hydrogen-bond acceptors (Lipinski definition) is 5. The second kappa shape index (κ2) is 5.99. The number of nitro benzene ring substituents is 1. The average Bonchev–Trinajstić information content (AvgIpc) is 2.39. The third-order valence-electron chi connectivity index (χ3n) is 3.07. The molecule has 1 aromatic rings. The molecule has 0 spiro atoms. The molecule has 19 heavy (non-hydrogen) atoms. The predicted molar refractivity (Wildman–Crippen MR) is 68.2 cm³/mol. The fourth-order valence-electron chi connectivity index (χ4n) is 2.02. The zero-order valence-corrected chi connectivity index (χ0v) is 10.7. The van der Waals surface area contributed by atoms with Gasteiger partial charge in [0.1, 0.15) is 12.2 Å². The summed E-state index contributed by atoms with van der Waals surface area (Å²) in [5, 5.41) is 20.5. The molecule has 0 amide bonds. The zero-order chi connectivity index (χ0) is 13.8. The van der Waals surface area contributed by atoms with Crippen LogP contribution < -0.4 is 4.74 Å². The molecule has 1 aliphatic rings. The van der Waals surface area contributed by atoms with E-state index in [4.69, 9.17) is 9.47 Å². The van der Waals surface area contributed by atoms with Crippen molar-refractivity contribution < 1.29 is 19.5 Å². The number of para-hydroxylation sites is 2. The van der Waals surface area contributed by atoms with Crippen molar-refractivity contribution in [3.05, 3.63) is 34.4 Å². The van der Waals surface area contributed by atoms with Crippen LogP contribution >= 0.6 is 0 Å². The van der Waals surface area contributed by atoms with E-state index in [1.807, 2.05) is 6.92 Å². The van der Waals surface area contributed by atoms with Crippen LogP contribution in [0.3, 0.4) is 0 Å². The topological polar surface area (TPSA) is 81.8 Å². The van der Waals surface area contributed by atoms with E-state index in [0.717, 1.165) is 6.42 Å². The smallest absolute Gasteiger partial charge is 0.310 e. The van der Waals surface area contributed by atoms with E-state index < -0.39 is 17.1 Å². The second-order valence-corrected chi connectivity index (χ2v) is 4.52. The van der Waals surface area contributed by atoms with Gasteiger partial charge in [0.15, 0.2) is 5.75 Å². The number of hydrogen-bond donors (Lipinski definition) is 1. The largest absolute Gasteiger partial charge is 0.481 e. The lowest BCUT2D eigenvalue weighted by Crippen LogP contribution is -2.55. The van der Waals surface area contributed by atoms with Crippen molar-refractivity contribution in [2.75, 3.05) is 6.61 Å². The van der Waals surface area contributed by atoms with Crippen molar-refractivity contribution in [3.63, 3.8) is 0 Å². The summed E-state index contributed by atoms with van der Waals surface area (Å²) >= 11 is 0. The number of ether oxygens (including phenoxy) is 2. The van der Waals surface area contributed by atoms with Crippen molar-refractivity contribution in [2.24, 2.45) is 0 Å². The Morgan fingerprint density at radius 3 is 2.84 bits per heavy atom. The van der Waals surface area contributed by atoms with Gasteiger partial charge in [-0.1, -0.05) is 19.1 Å². The maximum Gasteiger partial charge on any atom is 0.310 e. The molecule has 1 N–H and O–H groups in total. The minimum atomic E-state index is -0.556. The molecule has 104 valence electrons. The molecule has 0 heterocycles. The van der Waals surface area contributed by atoms with Crippen LogP contribution in [0.15, 0.2) is 24.3 Å². The highest BCUT2D eigenvalue weighted by atomic mass is 16.6. The van der Waals surface area contributed by atoms with Crippen LogP contribution in [0.4, 0.5) is 5.69 Å². The molecule has 1 aromatic carbocycles. The average molecular weight is 267 g/mol. The van der Waals surface area contributed by atoms with E-state index in [1.54, 1.807) is 18.2 Å².